The van der Waals surface area contributed by atoms with E-state index in [0.29, 0.717) is 0 Å². The van der Waals surface area contributed by atoms with Gasteiger partial charge in [-0.3, -0.25) is 9.90 Å². The van der Waals surface area contributed by atoms with E-state index in [4.69, 9.17) is 4.84 Å². The van der Waals surface area contributed by atoms with Crippen molar-refractivity contribution in [1.82, 2.24) is 5.06 Å². The second-order valence-corrected chi connectivity index (χ2v) is 1.61. The Balaban J connectivity index is 3.63. The fourth-order valence-electron chi connectivity index (χ4n) is 0.326. The molecule has 0 unspecified atom stereocenters. The Morgan fingerprint density at radius 1 is 1.62 bits per heavy atom. The molecule has 0 saturated carbocycles. The second-order valence-electron chi connectivity index (χ2n) is 1.61. The van der Waals surface area contributed by atoms with Crippen molar-refractivity contribution in [3.63, 3.8) is 0 Å². The third kappa shape index (κ3) is 1.98. The number of hydrogen-bond acceptors (Lipinski definition) is 2. The van der Waals surface area contributed by atoms with Crippen molar-refractivity contribution in [3.05, 3.63) is 11.8 Å². The molecule has 2 nitrogen and oxygen atoms in total. The molecule has 0 spiro atoms. The lowest BCUT2D eigenvalue weighted by Crippen LogP contribution is -2.13. The van der Waals surface area contributed by atoms with Gasteiger partial charge in [0.25, 0.3) is 0 Å². The van der Waals surface area contributed by atoms with E-state index in [9.17, 15) is 0 Å². The van der Waals surface area contributed by atoms with Gasteiger partial charge in [-0.1, -0.05) is 6.08 Å². The predicted octanol–water partition coefficient (Wildman–Crippen LogP) is 1.40. The Kier molecular flexibility index (Phi) is 3.28. The minimum Gasteiger partial charge on any atom is -0.277 e. The molecule has 0 amide bonds. The van der Waals surface area contributed by atoms with E-state index < -0.39 is 0 Å². The van der Waals surface area contributed by atoms with Crippen molar-refractivity contribution in [2.75, 3.05) is 14.2 Å². The van der Waals surface area contributed by atoms with Gasteiger partial charge >= 0.3 is 0 Å². The highest BCUT2D eigenvalue weighted by molar-refractivity contribution is 4.89. The van der Waals surface area contributed by atoms with Gasteiger partial charge in [0.05, 0.1) is 7.11 Å². The first kappa shape index (κ1) is 7.50. The maximum absolute atomic E-state index is 4.87. The van der Waals surface area contributed by atoms with Crippen LogP contribution in [0.2, 0.25) is 0 Å². The number of allylic oxidation sites excluding steroid dienone is 2. The average Bonchev–Trinajstić information content (AvgIpc) is 1.84. The molecule has 0 heterocycles. The fourth-order valence-corrected chi connectivity index (χ4v) is 0.326. The molecule has 2 heteroatoms. The summed E-state index contributed by atoms with van der Waals surface area (Å²) in [5, 5.41) is 1.71. The maximum Gasteiger partial charge on any atom is 0.0638 e. The monoisotopic (exact) mass is 115 g/mol. The Morgan fingerprint density at radius 2 is 2.12 bits per heavy atom. The summed E-state index contributed by atoms with van der Waals surface area (Å²) in [4.78, 5) is 4.87. The van der Waals surface area contributed by atoms with E-state index in [2.05, 4.69) is 0 Å². The molecule has 0 aliphatic rings. The molecule has 0 aliphatic heterocycles. The highest BCUT2D eigenvalue weighted by Gasteiger charge is 1.90. The highest BCUT2D eigenvalue weighted by Crippen LogP contribution is 1.96. The third-order valence-corrected chi connectivity index (χ3v) is 1.19. The molecular formula is C6H13NO. The molecule has 0 aliphatic carbocycles. The lowest BCUT2D eigenvalue weighted by Gasteiger charge is -2.14. The van der Waals surface area contributed by atoms with E-state index in [1.165, 1.54) is 0 Å². The van der Waals surface area contributed by atoms with Crippen LogP contribution in [-0.4, -0.2) is 19.2 Å². The summed E-state index contributed by atoms with van der Waals surface area (Å²) in [5.74, 6) is 0. The first-order chi connectivity index (χ1) is 3.72. The van der Waals surface area contributed by atoms with Gasteiger partial charge in [0.1, 0.15) is 0 Å². The smallest absolute Gasteiger partial charge is 0.0638 e. The van der Waals surface area contributed by atoms with E-state index in [1.54, 1.807) is 12.2 Å². The van der Waals surface area contributed by atoms with Gasteiger partial charge in [0, 0.05) is 12.7 Å². The third-order valence-electron chi connectivity index (χ3n) is 1.19. The molecule has 0 rings (SSSR count). The maximum atomic E-state index is 4.87. The van der Waals surface area contributed by atoms with Crippen molar-refractivity contribution < 1.29 is 4.84 Å². The first-order valence-corrected chi connectivity index (χ1v) is 2.63. The molecule has 0 radical (unpaired) electrons. The van der Waals surface area contributed by atoms with Crippen LogP contribution in [0.5, 0.6) is 0 Å². The summed E-state index contributed by atoms with van der Waals surface area (Å²) in [6, 6.07) is 0. The normalized spacial score (nSPS) is 11.8. The van der Waals surface area contributed by atoms with Gasteiger partial charge < -0.3 is 0 Å². The number of hydroxylamine groups is 2. The van der Waals surface area contributed by atoms with Crippen LogP contribution in [0.4, 0.5) is 0 Å². The van der Waals surface area contributed by atoms with E-state index in [1.807, 2.05) is 27.0 Å². The van der Waals surface area contributed by atoms with Crippen molar-refractivity contribution in [1.29, 1.82) is 0 Å². The Labute approximate surface area is 50.7 Å². The van der Waals surface area contributed by atoms with Crippen LogP contribution in [0.3, 0.4) is 0 Å². The topological polar surface area (TPSA) is 12.5 Å². The molecule has 0 aromatic heterocycles. The molecule has 8 heavy (non-hydrogen) atoms. The minimum atomic E-state index is 1.12. The van der Waals surface area contributed by atoms with Crippen molar-refractivity contribution in [3.8, 4) is 0 Å². The van der Waals surface area contributed by atoms with Crippen molar-refractivity contribution >= 4 is 0 Å². The Hall–Kier alpha value is -0.500. The average molecular weight is 115 g/mol. The van der Waals surface area contributed by atoms with Crippen LogP contribution in [0.1, 0.15) is 13.8 Å². The predicted molar refractivity (Wildman–Crippen MR) is 34.2 cm³/mol. The lowest BCUT2D eigenvalue weighted by atomic mass is 10.5. The molecule has 48 valence electrons. The summed E-state index contributed by atoms with van der Waals surface area (Å²) in [7, 11) is 3.52. The van der Waals surface area contributed by atoms with Gasteiger partial charge in [-0.2, -0.15) is 0 Å². The standard InChI is InChI=1S/C6H13NO/c1-5-6(2)7(3)8-4/h5H,1-4H3. The summed E-state index contributed by atoms with van der Waals surface area (Å²) < 4.78 is 0. The molecule has 0 atom stereocenters. The van der Waals surface area contributed by atoms with Crippen molar-refractivity contribution in [2.24, 2.45) is 0 Å². The van der Waals surface area contributed by atoms with E-state index in [0.717, 1.165) is 5.70 Å². The van der Waals surface area contributed by atoms with Gasteiger partial charge in [-0.25, -0.2) is 0 Å². The number of hydrogen-bond donors (Lipinski definition) is 0. The molecule has 0 N–H and O–H groups in total. The molecule has 0 saturated heterocycles. The second kappa shape index (κ2) is 3.50. The van der Waals surface area contributed by atoms with Crippen molar-refractivity contribution in [2.45, 2.75) is 13.8 Å². The number of rotatable bonds is 2. The van der Waals surface area contributed by atoms with Gasteiger partial charge in [0.15, 0.2) is 0 Å². The Bertz CT molecular complexity index is 88.5. The van der Waals surface area contributed by atoms with Crippen LogP contribution < -0.4 is 0 Å². The molecular weight excluding hydrogens is 102 g/mol. The zero-order chi connectivity index (χ0) is 6.57. The zero-order valence-electron chi connectivity index (χ0n) is 5.93. The molecule has 0 aromatic rings. The van der Waals surface area contributed by atoms with Crippen LogP contribution in [0.15, 0.2) is 11.8 Å². The largest absolute Gasteiger partial charge is 0.277 e. The van der Waals surface area contributed by atoms with Gasteiger partial charge in [-0.05, 0) is 13.8 Å². The molecule has 0 bridgehead atoms. The first-order valence-electron chi connectivity index (χ1n) is 2.63. The minimum absolute atomic E-state index is 1.12. The fraction of sp³-hybridized carbons (Fsp3) is 0.667. The summed E-state index contributed by atoms with van der Waals surface area (Å²) in [6.07, 6.45) is 1.99. The number of nitrogens with zero attached hydrogens (tertiary/aromatic N) is 1. The quantitative estimate of drug-likeness (QED) is 0.504. The summed E-state index contributed by atoms with van der Waals surface area (Å²) in [6.45, 7) is 3.97. The Morgan fingerprint density at radius 3 is 2.25 bits per heavy atom. The molecule has 0 aromatic carbocycles. The van der Waals surface area contributed by atoms with E-state index >= 15 is 0 Å². The summed E-state index contributed by atoms with van der Waals surface area (Å²) in [5.41, 5.74) is 1.12. The van der Waals surface area contributed by atoms with Gasteiger partial charge in [-0.15, -0.1) is 0 Å². The van der Waals surface area contributed by atoms with Gasteiger partial charge in [0.2, 0.25) is 0 Å². The van der Waals surface area contributed by atoms with Crippen LogP contribution >= 0.6 is 0 Å². The van der Waals surface area contributed by atoms with Crippen LogP contribution in [0.25, 0.3) is 0 Å². The lowest BCUT2D eigenvalue weighted by molar-refractivity contribution is -0.0770. The zero-order valence-corrected chi connectivity index (χ0v) is 5.93. The van der Waals surface area contributed by atoms with E-state index in [-0.39, 0.29) is 0 Å². The SMILES string of the molecule is CC=C(C)N(C)OC. The highest BCUT2D eigenvalue weighted by atomic mass is 16.7. The molecule has 0 fully saturated rings. The summed E-state index contributed by atoms with van der Waals surface area (Å²) >= 11 is 0. The van der Waals surface area contributed by atoms with Crippen LogP contribution in [0, 0.1) is 0 Å². The van der Waals surface area contributed by atoms with Crippen LogP contribution in [-0.2, 0) is 4.84 Å².